The molecule has 0 aromatic heterocycles. The zero-order chi connectivity index (χ0) is 20.2. The van der Waals surface area contributed by atoms with Gasteiger partial charge in [0, 0.05) is 18.0 Å². The van der Waals surface area contributed by atoms with Crippen LogP contribution in [0.2, 0.25) is 0 Å². The zero-order valence-corrected chi connectivity index (χ0v) is 16.5. The molecule has 0 aliphatic carbocycles. The molecule has 1 atom stereocenters. The summed E-state index contributed by atoms with van der Waals surface area (Å²) in [5.41, 5.74) is 4.51. The first-order chi connectivity index (χ1) is 13.6. The van der Waals surface area contributed by atoms with Gasteiger partial charge < -0.3 is 5.32 Å². The third kappa shape index (κ3) is 7.16. The second-order valence-corrected chi connectivity index (χ2v) is 7.04. The first-order valence-electron chi connectivity index (χ1n) is 10.0. The fraction of sp³-hybridized carbons (Fsp3) is 0.391. The van der Waals surface area contributed by atoms with Crippen LogP contribution in [0.3, 0.4) is 0 Å². The van der Waals surface area contributed by atoms with Crippen molar-refractivity contribution < 1.29 is 14.8 Å². The molecule has 5 nitrogen and oxygen atoms in total. The summed E-state index contributed by atoms with van der Waals surface area (Å²) in [6.07, 6.45) is 5.70. The largest absolute Gasteiger partial charge is 0.349 e. The van der Waals surface area contributed by atoms with E-state index in [2.05, 4.69) is 12.2 Å². The van der Waals surface area contributed by atoms with E-state index in [-0.39, 0.29) is 17.9 Å². The van der Waals surface area contributed by atoms with Crippen LogP contribution in [0.5, 0.6) is 0 Å². The minimum absolute atomic E-state index is 0.0613. The standard InChI is InChI=1S/C23H30N2O3/c1-2-3-11-21(12-7-8-13-22(26)25-28)24-23(27)20-16-14-19(15-17-20)18-9-5-4-6-10-18/h4-6,9-10,14-17,21,28H,2-3,7-8,11-13H2,1H3,(H,24,27)(H,25,26). The van der Waals surface area contributed by atoms with Crippen molar-refractivity contribution in [2.24, 2.45) is 0 Å². The number of hydrogen-bond donors (Lipinski definition) is 3. The van der Waals surface area contributed by atoms with Gasteiger partial charge in [-0.2, -0.15) is 0 Å². The predicted molar refractivity (Wildman–Crippen MR) is 111 cm³/mol. The van der Waals surface area contributed by atoms with Crippen LogP contribution in [0.4, 0.5) is 0 Å². The lowest BCUT2D eigenvalue weighted by molar-refractivity contribution is -0.129. The Bertz CT molecular complexity index is 729. The molecule has 0 spiro atoms. The second kappa shape index (κ2) is 11.9. The van der Waals surface area contributed by atoms with Crippen LogP contribution in [0.15, 0.2) is 54.6 Å². The summed E-state index contributed by atoms with van der Waals surface area (Å²) < 4.78 is 0. The number of unbranched alkanes of at least 4 members (excludes halogenated alkanes) is 2. The number of hydrogen-bond acceptors (Lipinski definition) is 3. The summed E-state index contributed by atoms with van der Waals surface area (Å²) in [7, 11) is 0. The van der Waals surface area contributed by atoms with Gasteiger partial charge in [0.2, 0.25) is 5.91 Å². The Balaban J connectivity index is 1.91. The maximum atomic E-state index is 12.6. The Kier molecular flexibility index (Phi) is 9.22. The van der Waals surface area contributed by atoms with Gasteiger partial charge in [0.25, 0.3) is 5.91 Å². The molecule has 2 amide bonds. The van der Waals surface area contributed by atoms with E-state index >= 15 is 0 Å². The molecule has 0 saturated carbocycles. The topological polar surface area (TPSA) is 78.4 Å². The molecule has 3 N–H and O–H groups in total. The molecule has 0 fully saturated rings. The molecular weight excluding hydrogens is 352 g/mol. The van der Waals surface area contributed by atoms with Crippen LogP contribution in [0.25, 0.3) is 11.1 Å². The Labute approximate surface area is 167 Å². The van der Waals surface area contributed by atoms with Crippen LogP contribution >= 0.6 is 0 Å². The van der Waals surface area contributed by atoms with E-state index < -0.39 is 0 Å². The molecule has 0 aliphatic rings. The van der Waals surface area contributed by atoms with Crippen molar-refractivity contribution in [1.82, 2.24) is 10.8 Å². The van der Waals surface area contributed by atoms with E-state index in [4.69, 9.17) is 5.21 Å². The number of benzene rings is 2. The van der Waals surface area contributed by atoms with Gasteiger partial charge in [0.1, 0.15) is 0 Å². The van der Waals surface area contributed by atoms with Crippen molar-refractivity contribution in [3.05, 3.63) is 60.2 Å². The highest BCUT2D eigenvalue weighted by Crippen LogP contribution is 2.19. The summed E-state index contributed by atoms with van der Waals surface area (Å²) in [5, 5.41) is 11.7. The lowest BCUT2D eigenvalue weighted by Crippen LogP contribution is -2.34. The molecular formula is C23H30N2O3. The maximum absolute atomic E-state index is 12.6. The van der Waals surface area contributed by atoms with Gasteiger partial charge in [-0.05, 0) is 42.5 Å². The third-order valence-corrected chi connectivity index (χ3v) is 4.83. The quantitative estimate of drug-likeness (QED) is 0.299. The minimum Gasteiger partial charge on any atom is -0.349 e. The second-order valence-electron chi connectivity index (χ2n) is 7.04. The SMILES string of the molecule is CCCCC(CCCCC(=O)NO)NC(=O)c1ccc(-c2ccccc2)cc1. The molecule has 0 heterocycles. The smallest absolute Gasteiger partial charge is 0.251 e. The summed E-state index contributed by atoms with van der Waals surface area (Å²) in [4.78, 5) is 23.7. The molecule has 2 rings (SSSR count). The Hall–Kier alpha value is -2.66. The van der Waals surface area contributed by atoms with Gasteiger partial charge in [-0.3, -0.25) is 14.8 Å². The van der Waals surface area contributed by atoms with Crippen molar-refractivity contribution >= 4 is 11.8 Å². The Morgan fingerprint density at radius 2 is 1.54 bits per heavy atom. The molecule has 0 aliphatic heterocycles. The number of carbonyl (C=O) groups excluding carboxylic acids is 2. The summed E-state index contributed by atoms with van der Waals surface area (Å²) in [5.74, 6) is -0.429. The van der Waals surface area contributed by atoms with Gasteiger partial charge in [0.05, 0.1) is 0 Å². The van der Waals surface area contributed by atoms with E-state index in [0.29, 0.717) is 18.4 Å². The molecule has 0 bridgehead atoms. The highest BCUT2D eigenvalue weighted by atomic mass is 16.5. The normalized spacial score (nSPS) is 11.6. The molecule has 0 radical (unpaired) electrons. The van der Waals surface area contributed by atoms with Crippen LogP contribution in [-0.2, 0) is 4.79 Å². The van der Waals surface area contributed by atoms with Crippen molar-refractivity contribution in [2.75, 3.05) is 0 Å². The summed E-state index contributed by atoms with van der Waals surface area (Å²) in [6.45, 7) is 2.13. The highest BCUT2D eigenvalue weighted by molar-refractivity contribution is 5.94. The monoisotopic (exact) mass is 382 g/mol. The van der Waals surface area contributed by atoms with E-state index in [9.17, 15) is 9.59 Å². The maximum Gasteiger partial charge on any atom is 0.251 e. The van der Waals surface area contributed by atoms with E-state index in [1.54, 1.807) is 5.48 Å². The molecule has 150 valence electrons. The Morgan fingerprint density at radius 3 is 2.18 bits per heavy atom. The van der Waals surface area contributed by atoms with Gasteiger partial charge in [-0.15, -0.1) is 0 Å². The van der Waals surface area contributed by atoms with Crippen molar-refractivity contribution in [3.63, 3.8) is 0 Å². The van der Waals surface area contributed by atoms with Crippen LogP contribution in [0.1, 0.15) is 62.2 Å². The van der Waals surface area contributed by atoms with E-state index in [1.165, 1.54) is 0 Å². The van der Waals surface area contributed by atoms with Crippen molar-refractivity contribution in [3.8, 4) is 11.1 Å². The lowest BCUT2D eigenvalue weighted by atomic mass is 10.0. The van der Waals surface area contributed by atoms with E-state index in [1.807, 2.05) is 54.6 Å². The summed E-state index contributed by atoms with van der Waals surface area (Å²) in [6, 6.07) is 17.8. The predicted octanol–water partition coefficient (Wildman–Crippen LogP) is 4.71. The first-order valence-corrected chi connectivity index (χ1v) is 10.0. The lowest BCUT2D eigenvalue weighted by Gasteiger charge is -2.19. The molecule has 2 aromatic carbocycles. The van der Waals surface area contributed by atoms with Gasteiger partial charge in [-0.25, -0.2) is 5.48 Å². The van der Waals surface area contributed by atoms with Gasteiger partial charge >= 0.3 is 0 Å². The molecule has 5 heteroatoms. The summed E-state index contributed by atoms with van der Waals surface area (Å²) >= 11 is 0. The number of carbonyl (C=O) groups is 2. The average molecular weight is 383 g/mol. The number of hydroxylamine groups is 1. The molecule has 28 heavy (non-hydrogen) atoms. The molecule has 0 saturated heterocycles. The zero-order valence-electron chi connectivity index (χ0n) is 16.5. The molecule has 2 aromatic rings. The fourth-order valence-corrected chi connectivity index (χ4v) is 3.18. The first kappa shape index (κ1) is 21.6. The van der Waals surface area contributed by atoms with Gasteiger partial charge in [-0.1, -0.05) is 68.7 Å². The van der Waals surface area contributed by atoms with Crippen molar-refractivity contribution in [1.29, 1.82) is 0 Å². The van der Waals surface area contributed by atoms with E-state index in [0.717, 1.165) is 43.2 Å². The fourth-order valence-electron chi connectivity index (χ4n) is 3.18. The number of nitrogens with one attached hydrogen (secondary N) is 2. The van der Waals surface area contributed by atoms with Crippen molar-refractivity contribution in [2.45, 2.75) is 57.9 Å². The molecule has 1 unspecified atom stereocenters. The van der Waals surface area contributed by atoms with Crippen LogP contribution < -0.4 is 10.8 Å². The number of amides is 2. The minimum atomic E-state index is -0.368. The average Bonchev–Trinajstić information content (AvgIpc) is 2.75. The Morgan fingerprint density at radius 1 is 0.893 bits per heavy atom. The highest BCUT2D eigenvalue weighted by Gasteiger charge is 2.14. The van der Waals surface area contributed by atoms with Gasteiger partial charge in [0.15, 0.2) is 0 Å². The third-order valence-electron chi connectivity index (χ3n) is 4.83. The van der Waals surface area contributed by atoms with Crippen LogP contribution in [0, 0.1) is 0 Å². The van der Waals surface area contributed by atoms with Crippen LogP contribution in [-0.4, -0.2) is 23.1 Å². The number of rotatable bonds is 11.